The topological polar surface area (TPSA) is 43.6 Å². The monoisotopic (exact) mass is 700 g/mol. The van der Waals surface area contributed by atoms with Crippen LogP contribution in [0.5, 0.6) is 0 Å². The lowest BCUT2D eigenvalue weighted by molar-refractivity contribution is 1.08. The van der Waals surface area contributed by atoms with Gasteiger partial charge < -0.3 is 4.57 Å². The Kier molecular flexibility index (Phi) is 7.14. The zero-order valence-electron chi connectivity index (χ0n) is 29.8. The molecule has 0 unspecified atom stereocenters. The summed E-state index contributed by atoms with van der Waals surface area (Å²) in [6.45, 7) is 0. The van der Waals surface area contributed by atoms with Crippen molar-refractivity contribution in [2.24, 2.45) is 0 Å². The molecular formula is C51H32N4. The van der Waals surface area contributed by atoms with Crippen LogP contribution in [0, 0.1) is 0 Å². The number of fused-ring (bicyclic) bond motifs is 7. The zero-order valence-corrected chi connectivity index (χ0v) is 29.8. The van der Waals surface area contributed by atoms with Gasteiger partial charge in [-0.15, -0.1) is 0 Å². The van der Waals surface area contributed by atoms with Crippen LogP contribution in [0.15, 0.2) is 194 Å². The second-order valence-corrected chi connectivity index (χ2v) is 14.0. The predicted octanol–water partition coefficient (Wildman–Crippen LogP) is 13.1. The molecule has 0 aliphatic heterocycles. The van der Waals surface area contributed by atoms with Crippen molar-refractivity contribution in [1.29, 1.82) is 0 Å². The highest BCUT2D eigenvalue weighted by Gasteiger charge is 2.19. The van der Waals surface area contributed by atoms with Crippen LogP contribution in [0.2, 0.25) is 0 Å². The number of nitrogens with zero attached hydrogens (tertiary/aromatic N) is 4. The van der Waals surface area contributed by atoms with Crippen LogP contribution in [0.1, 0.15) is 0 Å². The second-order valence-electron chi connectivity index (χ2n) is 14.0. The molecule has 0 saturated carbocycles. The summed E-state index contributed by atoms with van der Waals surface area (Å²) in [6.07, 6.45) is 0. The Bertz CT molecular complexity index is 3180. The van der Waals surface area contributed by atoms with Gasteiger partial charge in [-0.1, -0.05) is 152 Å². The first-order chi connectivity index (χ1) is 27.3. The number of aromatic nitrogens is 4. The molecule has 0 bridgehead atoms. The summed E-state index contributed by atoms with van der Waals surface area (Å²) in [5.41, 5.74) is 8.61. The van der Waals surface area contributed by atoms with Gasteiger partial charge >= 0.3 is 0 Å². The maximum Gasteiger partial charge on any atom is 0.165 e. The summed E-state index contributed by atoms with van der Waals surface area (Å²) in [4.78, 5) is 15.8. The highest BCUT2D eigenvalue weighted by molar-refractivity contribution is 6.19. The number of para-hydroxylation sites is 2. The Morgan fingerprint density at radius 1 is 0.291 bits per heavy atom. The largest absolute Gasteiger partial charge is 0.309 e. The van der Waals surface area contributed by atoms with Crippen molar-refractivity contribution in [3.8, 4) is 51.0 Å². The minimum absolute atomic E-state index is 0.628. The summed E-state index contributed by atoms with van der Waals surface area (Å²) in [7, 11) is 0. The smallest absolute Gasteiger partial charge is 0.165 e. The van der Waals surface area contributed by atoms with Gasteiger partial charge in [0.25, 0.3) is 0 Å². The van der Waals surface area contributed by atoms with Gasteiger partial charge in [0, 0.05) is 33.2 Å². The van der Waals surface area contributed by atoms with Gasteiger partial charge in [-0.3, -0.25) is 0 Å². The lowest BCUT2D eigenvalue weighted by atomic mass is 9.93. The summed E-state index contributed by atoms with van der Waals surface area (Å²) in [5.74, 6) is 1.91. The van der Waals surface area contributed by atoms with E-state index in [4.69, 9.17) is 15.0 Å². The molecule has 55 heavy (non-hydrogen) atoms. The molecule has 11 rings (SSSR count). The number of hydrogen-bond acceptors (Lipinski definition) is 3. The molecule has 0 amide bonds. The fourth-order valence-corrected chi connectivity index (χ4v) is 8.21. The van der Waals surface area contributed by atoms with Gasteiger partial charge in [-0.25, -0.2) is 15.0 Å². The van der Waals surface area contributed by atoms with Gasteiger partial charge in [0.15, 0.2) is 17.5 Å². The van der Waals surface area contributed by atoms with Crippen LogP contribution < -0.4 is 0 Å². The molecule has 256 valence electrons. The first-order valence-electron chi connectivity index (χ1n) is 18.6. The lowest BCUT2D eigenvalue weighted by Gasteiger charge is -2.15. The van der Waals surface area contributed by atoms with E-state index in [1.165, 1.54) is 43.5 Å². The first-order valence-corrected chi connectivity index (χ1v) is 18.6. The maximum absolute atomic E-state index is 5.31. The number of benzene rings is 9. The van der Waals surface area contributed by atoms with E-state index < -0.39 is 0 Å². The quantitative estimate of drug-likeness (QED) is 0.133. The third-order valence-corrected chi connectivity index (χ3v) is 10.8. The van der Waals surface area contributed by atoms with Gasteiger partial charge in [0.05, 0.1) is 11.0 Å². The fourth-order valence-electron chi connectivity index (χ4n) is 8.21. The molecule has 0 spiro atoms. The molecule has 0 aliphatic carbocycles. The molecule has 4 heteroatoms. The van der Waals surface area contributed by atoms with Crippen LogP contribution in [0.25, 0.3) is 105 Å². The molecule has 9 aromatic carbocycles. The van der Waals surface area contributed by atoms with E-state index in [2.05, 4.69) is 193 Å². The van der Waals surface area contributed by atoms with E-state index in [0.29, 0.717) is 17.5 Å². The zero-order chi connectivity index (χ0) is 36.3. The van der Waals surface area contributed by atoms with Crippen molar-refractivity contribution in [1.82, 2.24) is 19.5 Å². The minimum atomic E-state index is 0.628. The highest BCUT2D eigenvalue weighted by atomic mass is 15.0. The van der Waals surface area contributed by atoms with Crippen LogP contribution in [0.4, 0.5) is 0 Å². The Hall–Kier alpha value is -7.43. The van der Waals surface area contributed by atoms with Crippen LogP contribution in [-0.2, 0) is 0 Å². The summed E-state index contributed by atoms with van der Waals surface area (Å²) >= 11 is 0. The van der Waals surface area contributed by atoms with Gasteiger partial charge in [-0.05, 0) is 85.9 Å². The Balaban J connectivity index is 1.12. The van der Waals surface area contributed by atoms with Crippen molar-refractivity contribution in [3.63, 3.8) is 0 Å². The van der Waals surface area contributed by atoms with E-state index in [9.17, 15) is 0 Å². The molecule has 2 heterocycles. The van der Waals surface area contributed by atoms with E-state index >= 15 is 0 Å². The Labute approximate surface area is 317 Å². The van der Waals surface area contributed by atoms with Gasteiger partial charge in [-0.2, -0.15) is 0 Å². The SMILES string of the molecule is c1ccc(-c2ccc(-c3nc(-c4ccc(-n5c6ccccc6c6ccccc65)cc4)nc(-c4c5ccccc5cc5c4ccc4ccccc45)n3)cc2)cc1. The van der Waals surface area contributed by atoms with E-state index in [1.54, 1.807) is 0 Å². The van der Waals surface area contributed by atoms with Crippen LogP contribution >= 0.6 is 0 Å². The molecule has 4 nitrogen and oxygen atoms in total. The van der Waals surface area contributed by atoms with Crippen molar-refractivity contribution >= 4 is 54.1 Å². The lowest BCUT2D eigenvalue weighted by Crippen LogP contribution is -2.01. The summed E-state index contributed by atoms with van der Waals surface area (Å²) < 4.78 is 2.33. The summed E-state index contributed by atoms with van der Waals surface area (Å²) in [6, 6.07) is 68.6. The van der Waals surface area contributed by atoms with E-state index in [-0.39, 0.29) is 0 Å². The fraction of sp³-hybridized carbons (Fsp3) is 0. The Morgan fingerprint density at radius 2 is 0.782 bits per heavy atom. The van der Waals surface area contributed by atoms with Crippen molar-refractivity contribution in [3.05, 3.63) is 194 Å². The average molecular weight is 701 g/mol. The van der Waals surface area contributed by atoms with Crippen molar-refractivity contribution in [2.45, 2.75) is 0 Å². The standard InChI is InChI=1S/C51H32N4/c1-2-12-33(13-3-1)34-22-24-36(25-23-34)49-52-50(37-26-29-39(30-27-37)55-46-20-10-8-18-42(46)43-19-9-11-21-47(43)55)54-51(53-49)48-41-17-7-5-15-38(41)32-45-40-16-6-4-14-35(40)28-31-44(45)48/h1-32H. The van der Waals surface area contributed by atoms with E-state index in [1.807, 2.05) is 6.07 Å². The van der Waals surface area contributed by atoms with Gasteiger partial charge in [0.1, 0.15) is 0 Å². The van der Waals surface area contributed by atoms with Crippen LogP contribution in [0.3, 0.4) is 0 Å². The van der Waals surface area contributed by atoms with Gasteiger partial charge in [0.2, 0.25) is 0 Å². The van der Waals surface area contributed by atoms with Crippen molar-refractivity contribution < 1.29 is 0 Å². The van der Waals surface area contributed by atoms with Crippen molar-refractivity contribution in [2.75, 3.05) is 0 Å². The predicted molar refractivity (Wildman–Crippen MR) is 228 cm³/mol. The normalized spacial score (nSPS) is 11.6. The Morgan fingerprint density at radius 3 is 1.45 bits per heavy atom. The summed E-state index contributed by atoms with van der Waals surface area (Å²) in [5, 5.41) is 9.43. The third kappa shape index (κ3) is 5.19. The third-order valence-electron chi connectivity index (χ3n) is 10.8. The molecule has 0 N–H and O–H groups in total. The molecule has 0 fully saturated rings. The molecular weight excluding hydrogens is 669 g/mol. The molecule has 11 aromatic rings. The van der Waals surface area contributed by atoms with Crippen LogP contribution in [-0.4, -0.2) is 19.5 Å². The minimum Gasteiger partial charge on any atom is -0.309 e. The number of rotatable bonds is 5. The maximum atomic E-state index is 5.31. The second kappa shape index (κ2) is 12.6. The average Bonchev–Trinajstić information content (AvgIpc) is 3.60. The highest BCUT2D eigenvalue weighted by Crippen LogP contribution is 2.39. The number of hydrogen-bond donors (Lipinski definition) is 0. The molecule has 0 atom stereocenters. The molecule has 2 aromatic heterocycles. The molecule has 0 radical (unpaired) electrons. The van der Waals surface area contributed by atoms with E-state index in [0.717, 1.165) is 44.1 Å². The molecule has 0 aliphatic rings. The molecule has 0 saturated heterocycles. The first kappa shape index (κ1) is 31.1.